The number of aliphatic hydroxyl groups excluding tert-OH is 1. The van der Waals surface area contributed by atoms with E-state index in [-0.39, 0.29) is 12.0 Å². The summed E-state index contributed by atoms with van der Waals surface area (Å²) in [5, 5.41) is 10.7. The van der Waals surface area contributed by atoms with Crippen LogP contribution in [0.4, 0.5) is 0 Å². The third-order valence-electron chi connectivity index (χ3n) is 2.91. The van der Waals surface area contributed by atoms with Gasteiger partial charge in [0.15, 0.2) is 0 Å². The maximum atomic E-state index is 9.64. The first-order valence-electron chi connectivity index (χ1n) is 5.54. The topological polar surface area (TPSA) is 46.0 Å². The van der Waals surface area contributed by atoms with E-state index in [2.05, 4.69) is 23.0 Å². The zero-order valence-corrected chi connectivity index (χ0v) is 10.6. The Kier molecular flexibility index (Phi) is 3.21. The Morgan fingerprint density at radius 3 is 2.75 bits per heavy atom. The summed E-state index contributed by atoms with van der Waals surface area (Å²) in [6.45, 7) is 5.93. The fraction of sp³-hybridized carbons (Fsp3) is 0.500. The SMILES string of the molecule is CCc1cc2c(C(C)C(C)O)ncnc2s1. The van der Waals surface area contributed by atoms with Gasteiger partial charge in [0.2, 0.25) is 0 Å². The van der Waals surface area contributed by atoms with E-state index >= 15 is 0 Å². The third kappa shape index (κ3) is 1.95. The molecule has 1 N–H and O–H groups in total. The van der Waals surface area contributed by atoms with Gasteiger partial charge in [0.1, 0.15) is 11.2 Å². The molecule has 4 heteroatoms. The molecular weight excluding hydrogens is 220 g/mol. The Balaban J connectivity index is 2.56. The largest absolute Gasteiger partial charge is 0.393 e. The van der Waals surface area contributed by atoms with Crippen LogP contribution in [-0.2, 0) is 6.42 Å². The van der Waals surface area contributed by atoms with Crippen molar-refractivity contribution in [3.8, 4) is 0 Å². The van der Waals surface area contributed by atoms with Crippen molar-refractivity contribution >= 4 is 21.6 Å². The van der Waals surface area contributed by atoms with E-state index in [1.807, 2.05) is 6.92 Å². The van der Waals surface area contributed by atoms with E-state index in [0.29, 0.717) is 0 Å². The first-order valence-corrected chi connectivity index (χ1v) is 6.36. The summed E-state index contributed by atoms with van der Waals surface area (Å²) < 4.78 is 0. The smallest absolute Gasteiger partial charge is 0.127 e. The van der Waals surface area contributed by atoms with Crippen LogP contribution in [0.3, 0.4) is 0 Å². The van der Waals surface area contributed by atoms with E-state index in [1.165, 1.54) is 4.88 Å². The molecule has 0 aliphatic rings. The second-order valence-electron chi connectivity index (χ2n) is 4.07. The van der Waals surface area contributed by atoms with Gasteiger partial charge in [0, 0.05) is 16.2 Å². The number of aromatic nitrogens is 2. The molecule has 0 saturated carbocycles. The van der Waals surface area contributed by atoms with Gasteiger partial charge >= 0.3 is 0 Å². The Morgan fingerprint density at radius 1 is 1.38 bits per heavy atom. The fourth-order valence-electron chi connectivity index (χ4n) is 1.69. The van der Waals surface area contributed by atoms with Crippen LogP contribution >= 0.6 is 11.3 Å². The molecule has 0 aromatic carbocycles. The zero-order valence-electron chi connectivity index (χ0n) is 9.77. The van der Waals surface area contributed by atoms with Gasteiger partial charge in [-0.25, -0.2) is 9.97 Å². The van der Waals surface area contributed by atoms with E-state index in [1.54, 1.807) is 24.6 Å². The molecule has 16 heavy (non-hydrogen) atoms. The number of hydrogen-bond acceptors (Lipinski definition) is 4. The highest BCUT2D eigenvalue weighted by Crippen LogP contribution is 2.30. The molecular formula is C12H16N2OS. The number of aryl methyl sites for hydroxylation is 1. The molecule has 2 aromatic heterocycles. The number of rotatable bonds is 3. The van der Waals surface area contributed by atoms with Crippen LogP contribution in [0.1, 0.15) is 37.3 Å². The molecule has 2 rings (SSSR count). The van der Waals surface area contributed by atoms with Crippen LogP contribution in [-0.4, -0.2) is 21.2 Å². The van der Waals surface area contributed by atoms with Gasteiger partial charge in [-0.2, -0.15) is 0 Å². The Labute approximate surface area is 99.2 Å². The van der Waals surface area contributed by atoms with Gasteiger partial charge in [-0.1, -0.05) is 13.8 Å². The van der Waals surface area contributed by atoms with Crippen molar-refractivity contribution in [2.45, 2.75) is 39.2 Å². The average molecular weight is 236 g/mol. The summed E-state index contributed by atoms with van der Waals surface area (Å²) >= 11 is 1.71. The lowest BCUT2D eigenvalue weighted by Crippen LogP contribution is -2.12. The second kappa shape index (κ2) is 4.47. The van der Waals surface area contributed by atoms with Crippen LogP contribution in [0.5, 0.6) is 0 Å². The maximum absolute atomic E-state index is 9.64. The van der Waals surface area contributed by atoms with Gasteiger partial charge in [-0.05, 0) is 19.4 Å². The van der Waals surface area contributed by atoms with E-state index < -0.39 is 0 Å². The van der Waals surface area contributed by atoms with Gasteiger partial charge in [0.05, 0.1) is 11.8 Å². The molecule has 2 atom stereocenters. The monoisotopic (exact) mass is 236 g/mol. The number of hydrogen-bond donors (Lipinski definition) is 1. The Morgan fingerprint density at radius 2 is 2.12 bits per heavy atom. The number of fused-ring (bicyclic) bond motifs is 1. The van der Waals surface area contributed by atoms with Crippen molar-refractivity contribution in [2.24, 2.45) is 0 Å². The normalized spacial score (nSPS) is 15.2. The van der Waals surface area contributed by atoms with Gasteiger partial charge in [-0.3, -0.25) is 0 Å². The van der Waals surface area contributed by atoms with Crippen molar-refractivity contribution in [1.29, 1.82) is 0 Å². The Hall–Kier alpha value is -1.00. The van der Waals surface area contributed by atoms with Gasteiger partial charge in [-0.15, -0.1) is 11.3 Å². The zero-order chi connectivity index (χ0) is 11.7. The minimum absolute atomic E-state index is 0.0461. The van der Waals surface area contributed by atoms with Gasteiger partial charge in [0.25, 0.3) is 0 Å². The lowest BCUT2D eigenvalue weighted by atomic mass is 10.00. The molecule has 0 spiro atoms. The average Bonchev–Trinajstić information content (AvgIpc) is 2.70. The van der Waals surface area contributed by atoms with Crippen molar-refractivity contribution in [3.05, 3.63) is 23.0 Å². The summed E-state index contributed by atoms with van der Waals surface area (Å²) in [6, 6.07) is 2.15. The van der Waals surface area contributed by atoms with Crippen molar-refractivity contribution in [1.82, 2.24) is 9.97 Å². The minimum Gasteiger partial charge on any atom is -0.393 e. The summed E-state index contributed by atoms with van der Waals surface area (Å²) in [7, 11) is 0. The molecule has 2 heterocycles. The first kappa shape index (κ1) is 11.5. The number of aliphatic hydroxyl groups is 1. The fourth-order valence-corrected chi connectivity index (χ4v) is 2.63. The van der Waals surface area contributed by atoms with Crippen LogP contribution in [0.2, 0.25) is 0 Å². The lowest BCUT2D eigenvalue weighted by molar-refractivity contribution is 0.168. The molecule has 0 amide bonds. The summed E-state index contributed by atoms with van der Waals surface area (Å²) in [5.74, 6) is 0.0461. The molecule has 3 nitrogen and oxygen atoms in total. The highest BCUT2D eigenvalue weighted by atomic mass is 32.1. The molecule has 0 fully saturated rings. The summed E-state index contributed by atoms with van der Waals surface area (Å²) in [5.41, 5.74) is 0.955. The second-order valence-corrected chi connectivity index (χ2v) is 5.19. The summed E-state index contributed by atoms with van der Waals surface area (Å²) in [6.07, 6.45) is 2.22. The van der Waals surface area contributed by atoms with Crippen molar-refractivity contribution in [3.63, 3.8) is 0 Å². The van der Waals surface area contributed by atoms with E-state index in [9.17, 15) is 5.11 Å². The number of thiophene rings is 1. The van der Waals surface area contributed by atoms with Crippen LogP contribution in [0, 0.1) is 0 Å². The molecule has 0 saturated heterocycles. The molecule has 0 aliphatic heterocycles. The Bertz CT molecular complexity index is 493. The minimum atomic E-state index is -0.386. The highest BCUT2D eigenvalue weighted by molar-refractivity contribution is 7.18. The van der Waals surface area contributed by atoms with Crippen LogP contribution in [0.15, 0.2) is 12.4 Å². The van der Waals surface area contributed by atoms with Crippen molar-refractivity contribution < 1.29 is 5.11 Å². The maximum Gasteiger partial charge on any atom is 0.127 e. The molecule has 2 aromatic rings. The number of nitrogens with zero attached hydrogens (tertiary/aromatic N) is 2. The molecule has 0 aliphatic carbocycles. The molecule has 0 radical (unpaired) electrons. The van der Waals surface area contributed by atoms with E-state index in [4.69, 9.17) is 0 Å². The lowest BCUT2D eigenvalue weighted by Gasteiger charge is -2.14. The van der Waals surface area contributed by atoms with E-state index in [0.717, 1.165) is 22.3 Å². The predicted molar refractivity (Wildman–Crippen MR) is 66.9 cm³/mol. The van der Waals surface area contributed by atoms with Gasteiger partial charge < -0.3 is 5.11 Å². The quantitative estimate of drug-likeness (QED) is 0.891. The van der Waals surface area contributed by atoms with Crippen molar-refractivity contribution in [2.75, 3.05) is 0 Å². The molecule has 0 bridgehead atoms. The highest BCUT2D eigenvalue weighted by Gasteiger charge is 2.17. The first-order chi connectivity index (χ1) is 7.63. The van der Waals surface area contributed by atoms with Crippen LogP contribution < -0.4 is 0 Å². The standard InChI is InChI=1S/C12H16N2OS/c1-4-9-5-10-11(7(2)8(3)15)13-6-14-12(10)16-9/h5-8,15H,4H2,1-3H3. The van der Waals surface area contributed by atoms with Crippen LogP contribution in [0.25, 0.3) is 10.2 Å². The molecule has 2 unspecified atom stereocenters. The third-order valence-corrected chi connectivity index (χ3v) is 4.10. The summed E-state index contributed by atoms with van der Waals surface area (Å²) in [4.78, 5) is 10.9. The predicted octanol–water partition coefficient (Wildman–Crippen LogP) is 2.74. The molecule has 86 valence electrons.